The van der Waals surface area contributed by atoms with Gasteiger partial charge in [-0.25, -0.2) is 0 Å². The van der Waals surface area contributed by atoms with Crippen LogP contribution in [0.25, 0.3) is 0 Å². The van der Waals surface area contributed by atoms with Crippen molar-refractivity contribution in [2.75, 3.05) is 12.1 Å². The molecule has 0 fully saturated rings. The monoisotopic (exact) mass is 254 g/mol. The Kier molecular flexibility index (Phi) is 5.23. The molecule has 2 rings (SSSR count). The normalized spacial score (nSPS) is 11.9. The number of alkyl halides is 3. The molecule has 1 aliphatic rings. The molecular formula is C9H9Cl3O2. The van der Waals surface area contributed by atoms with Gasteiger partial charge in [0.25, 0.3) is 0 Å². The van der Waals surface area contributed by atoms with E-state index in [-0.39, 0.29) is 5.34 Å². The van der Waals surface area contributed by atoms with Crippen molar-refractivity contribution in [1.82, 2.24) is 0 Å². The Labute approximate surface area is 97.7 Å². The van der Waals surface area contributed by atoms with Crippen LogP contribution in [0.1, 0.15) is 5.56 Å². The first-order chi connectivity index (χ1) is 6.81. The topological polar surface area (TPSA) is 18.5 Å². The van der Waals surface area contributed by atoms with Crippen molar-refractivity contribution in [3.63, 3.8) is 0 Å². The van der Waals surface area contributed by atoms with E-state index in [9.17, 15) is 0 Å². The van der Waals surface area contributed by atoms with Crippen LogP contribution in [-0.4, -0.2) is 12.1 Å². The molecule has 0 aliphatic carbocycles. The zero-order valence-electron chi connectivity index (χ0n) is 7.30. The fourth-order valence-corrected chi connectivity index (χ4v) is 1.19. The van der Waals surface area contributed by atoms with E-state index in [1.165, 1.54) is 0 Å². The molecule has 0 amide bonds. The summed E-state index contributed by atoms with van der Waals surface area (Å²) < 4.78 is 10.3. The van der Waals surface area contributed by atoms with Crippen LogP contribution in [0.15, 0.2) is 18.2 Å². The molecule has 78 valence electrons. The smallest absolute Gasteiger partial charge is 0.231 e. The molecule has 0 aromatic heterocycles. The molecule has 1 heterocycles. The molecule has 0 unspecified atom stereocenters. The lowest BCUT2D eigenvalue weighted by molar-refractivity contribution is 0.174. The summed E-state index contributed by atoms with van der Waals surface area (Å²) in [5.41, 5.74) is 1.05. The third kappa shape index (κ3) is 3.12. The summed E-state index contributed by atoms with van der Waals surface area (Å²) in [5, 5.41) is 0.194. The quantitative estimate of drug-likeness (QED) is 0.714. The fraction of sp³-hybridized carbons (Fsp3) is 0.333. The molecule has 0 spiro atoms. The molecule has 14 heavy (non-hydrogen) atoms. The van der Waals surface area contributed by atoms with Crippen molar-refractivity contribution in [1.29, 1.82) is 0 Å². The van der Waals surface area contributed by atoms with Gasteiger partial charge in [-0.2, -0.15) is 0 Å². The Bertz CT molecular complexity index is 291. The maximum atomic E-state index is 5.63. The van der Waals surface area contributed by atoms with Gasteiger partial charge in [-0.1, -0.05) is 6.07 Å². The van der Waals surface area contributed by atoms with Crippen molar-refractivity contribution >= 4 is 34.8 Å². The van der Waals surface area contributed by atoms with Crippen LogP contribution in [0.5, 0.6) is 11.5 Å². The predicted octanol–water partition coefficient (Wildman–Crippen LogP) is 3.58. The second-order valence-corrected chi connectivity index (χ2v) is 3.50. The average Bonchev–Trinajstić information content (AvgIpc) is 2.65. The summed E-state index contributed by atoms with van der Waals surface area (Å²) in [6, 6.07) is 5.70. The molecule has 0 radical (unpaired) electrons. The van der Waals surface area contributed by atoms with Crippen molar-refractivity contribution < 1.29 is 9.47 Å². The lowest BCUT2D eigenvalue weighted by Gasteiger charge is -1.97. The molecule has 0 saturated carbocycles. The van der Waals surface area contributed by atoms with Gasteiger partial charge in [0.1, 0.15) is 0 Å². The van der Waals surface area contributed by atoms with Crippen LogP contribution in [0.2, 0.25) is 0 Å². The highest BCUT2D eigenvalue weighted by molar-refractivity contribution is 6.40. The molecule has 1 aliphatic heterocycles. The minimum atomic E-state index is 0.194. The molecule has 2 nitrogen and oxygen atoms in total. The van der Waals surface area contributed by atoms with Crippen molar-refractivity contribution in [3.8, 4) is 11.5 Å². The van der Waals surface area contributed by atoms with Gasteiger partial charge in [0.05, 0.1) is 5.34 Å². The SMILES string of the molecule is ClCCl.ClCc1ccc2c(c1)OCO2. The highest BCUT2D eigenvalue weighted by atomic mass is 35.5. The Morgan fingerprint density at radius 2 is 1.71 bits per heavy atom. The second kappa shape index (κ2) is 6.23. The maximum absolute atomic E-state index is 5.63. The molecular weight excluding hydrogens is 246 g/mol. The fourth-order valence-electron chi connectivity index (χ4n) is 1.02. The molecule has 1 aromatic rings. The third-order valence-electron chi connectivity index (χ3n) is 1.59. The third-order valence-corrected chi connectivity index (χ3v) is 1.90. The van der Waals surface area contributed by atoms with E-state index >= 15 is 0 Å². The van der Waals surface area contributed by atoms with E-state index < -0.39 is 0 Å². The van der Waals surface area contributed by atoms with E-state index in [1.807, 2.05) is 18.2 Å². The summed E-state index contributed by atoms with van der Waals surface area (Å²) in [6.45, 7) is 0.321. The van der Waals surface area contributed by atoms with E-state index in [4.69, 9.17) is 44.3 Å². The number of ether oxygens (including phenoxy) is 2. The molecule has 0 bridgehead atoms. The summed E-state index contributed by atoms with van der Waals surface area (Å²) in [4.78, 5) is 0. The van der Waals surface area contributed by atoms with E-state index in [0.717, 1.165) is 17.1 Å². The predicted molar refractivity (Wildman–Crippen MR) is 58.7 cm³/mol. The standard InChI is InChI=1S/C8H7ClO2.CH2Cl2/c9-4-6-1-2-7-8(3-6)11-5-10-7;2-1-3/h1-3H,4-5H2;1H2. The van der Waals surface area contributed by atoms with Crippen LogP contribution in [0.4, 0.5) is 0 Å². The van der Waals surface area contributed by atoms with Crippen molar-refractivity contribution in [2.45, 2.75) is 5.88 Å². The number of benzene rings is 1. The number of hydrogen-bond donors (Lipinski definition) is 0. The van der Waals surface area contributed by atoms with Crippen LogP contribution < -0.4 is 9.47 Å². The van der Waals surface area contributed by atoms with Crippen LogP contribution in [0.3, 0.4) is 0 Å². The van der Waals surface area contributed by atoms with Gasteiger partial charge in [-0.15, -0.1) is 34.8 Å². The van der Waals surface area contributed by atoms with Crippen molar-refractivity contribution in [3.05, 3.63) is 23.8 Å². The van der Waals surface area contributed by atoms with E-state index in [0.29, 0.717) is 12.7 Å². The Morgan fingerprint density at radius 3 is 2.36 bits per heavy atom. The van der Waals surface area contributed by atoms with Crippen LogP contribution in [0, 0.1) is 0 Å². The highest BCUT2D eigenvalue weighted by Gasteiger charge is 2.12. The summed E-state index contributed by atoms with van der Waals surface area (Å²) in [5.74, 6) is 2.11. The average molecular weight is 256 g/mol. The van der Waals surface area contributed by atoms with Crippen LogP contribution in [-0.2, 0) is 5.88 Å². The largest absolute Gasteiger partial charge is 0.454 e. The van der Waals surface area contributed by atoms with Crippen LogP contribution >= 0.6 is 34.8 Å². The number of rotatable bonds is 1. The summed E-state index contributed by atoms with van der Waals surface area (Å²) in [6.07, 6.45) is 0. The molecule has 5 heteroatoms. The van der Waals surface area contributed by atoms with E-state index in [1.54, 1.807) is 0 Å². The first-order valence-corrected chi connectivity index (χ1v) is 5.48. The number of hydrogen-bond acceptors (Lipinski definition) is 2. The number of halogens is 3. The molecule has 1 aromatic carbocycles. The van der Waals surface area contributed by atoms with Gasteiger partial charge in [0, 0.05) is 5.88 Å². The van der Waals surface area contributed by atoms with Gasteiger partial charge >= 0.3 is 0 Å². The van der Waals surface area contributed by atoms with E-state index in [2.05, 4.69) is 0 Å². The lowest BCUT2D eigenvalue weighted by atomic mass is 10.2. The zero-order valence-corrected chi connectivity index (χ0v) is 9.57. The Morgan fingerprint density at radius 1 is 1.07 bits per heavy atom. The van der Waals surface area contributed by atoms with Gasteiger partial charge < -0.3 is 9.47 Å². The van der Waals surface area contributed by atoms with Gasteiger partial charge in [0.15, 0.2) is 11.5 Å². The van der Waals surface area contributed by atoms with Gasteiger partial charge in [-0.05, 0) is 17.7 Å². The lowest BCUT2D eigenvalue weighted by Crippen LogP contribution is -1.92. The van der Waals surface area contributed by atoms with Gasteiger partial charge in [0.2, 0.25) is 6.79 Å². The molecule has 0 N–H and O–H groups in total. The first-order valence-electron chi connectivity index (χ1n) is 3.88. The summed E-state index contributed by atoms with van der Waals surface area (Å²) >= 11 is 15.2. The first kappa shape index (κ1) is 11.8. The summed E-state index contributed by atoms with van der Waals surface area (Å²) in [7, 11) is 0. The maximum Gasteiger partial charge on any atom is 0.231 e. The highest BCUT2D eigenvalue weighted by Crippen LogP contribution is 2.32. The Hall–Kier alpha value is -0.310. The minimum Gasteiger partial charge on any atom is -0.454 e. The number of fused-ring (bicyclic) bond motifs is 1. The zero-order chi connectivity index (χ0) is 10.4. The second-order valence-electron chi connectivity index (χ2n) is 2.42. The van der Waals surface area contributed by atoms with Gasteiger partial charge in [-0.3, -0.25) is 0 Å². The van der Waals surface area contributed by atoms with Crippen molar-refractivity contribution in [2.24, 2.45) is 0 Å². The Balaban J connectivity index is 0.000000293. The molecule has 0 saturated heterocycles. The minimum absolute atomic E-state index is 0.194. The molecule has 0 atom stereocenters.